The Morgan fingerprint density at radius 1 is 1.77 bits per heavy atom. The summed E-state index contributed by atoms with van der Waals surface area (Å²) in [6.45, 7) is 3.14. The van der Waals surface area contributed by atoms with E-state index in [0.29, 0.717) is 13.0 Å². The number of carbonyl (C=O) groups excluding carboxylic acids is 1. The summed E-state index contributed by atoms with van der Waals surface area (Å²) in [6, 6.07) is 2.04. The van der Waals surface area contributed by atoms with E-state index in [1.54, 1.807) is 0 Å². The van der Waals surface area contributed by atoms with Gasteiger partial charge in [0.05, 0.1) is 12.7 Å². The van der Waals surface area contributed by atoms with E-state index in [1.807, 2.05) is 13.0 Å². The van der Waals surface area contributed by atoms with Crippen LogP contribution in [0.5, 0.6) is 0 Å². The Morgan fingerprint density at radius 3 is 3.00 bits per heavy atom. The predicted molar refractivity (Wildman–Crippen MR) is 47.9 cm³/mol. The van der Waals surface area contributed by atoms with Crippen LogP contribution < -0.4 is 0 Å². The smallest absolute Gasteiger partial charge is 0.155 e. The molecule has 0 N–H and O–H groups in total. The molecule has 0 aliphatic carbocycles. The van der Waals surface area contributed by atoms with Crippen molar-refractivity contribution in [1.29, 1.82) is 5.26 Å². The van der Waals surface area contributed by atoms with Crippen LogP contribution in [-0.4, -0.2) is 19.0 Å². The molecule has 1 heterocycles. The number of nitriles is 1. The van der Waals surface area contributed by atoms with Gasteiger partial charge in [0.2, 0.25) is 0 Å². The van der Waals surface area contributed by atoms with E-state index in [-0.39, 0.29) is 11.7 Å². The molecule has 0 bridgehead atoms. The van der Waals surface area contributed by atoms with Gasteiger partial charge in [0, 0.05) is 12.5 Å². The van der Waals surface area contributed by atoms with Gasteiger partial charge in [0.25, 0.3) is 0 Å². The molecule has 1 aliphatic heterocycles. The maximum atomic E-state index is 11.7. The highest BCUT2D eigenvalue weighted by Gasteiger charge is 2.27. The second-order valence-electron chi connectivity index (χ2n) is 3.41. The molecule has 0 amide bonds. The summed E-state index contributed by atoms with van der Waals surface area (Å²) in [5.41, 5.74) is 0. The number of ketones is 1. The Morgan fingerprint density at radius 2 is 2.54 bits per heavy atom. The lowest BCUT2D eigenvalue weighted by molar-refractivity contribution is -0.129. The monoisotopic (exact) mass is 181 g/mol. The van der Waals surface area contributed by atoms with Crippen LogP contribution in [0, 0.1) is 23.2 Å². The summed E-state index contributed by atoms with van der Waals surface area (Å²) in [4.78, 5) is 11.7. The molecule has 1 aliphatic rings. The third kappa shape index (κ3) is 2.53. The maximum Gasteiger partial charge on any atom is 0.155 e. The Labute approximate surface area is 78.7 Å². The predicted octanol–water partition coefficient (Wildman–Crippen LogP) is 1.53. The molecule has 3 heteroatoms. The van der Waals surface area contributed by atoms with E-state index in [9.17, 15) is 4.79 Å². The number of nitrogens with zero attached hydrogens (tertiary/aromatic N) is 1. The Bertz CT molecular complexity index is 213. The van der Waals surface area contributed by atoms with E-state index in [1.165, 1.54) is 0 Å². The molecule has 1 rings (SSSR count). The number of carbonyl (C=O) groups is 1. The van der Waals surface area contributed by atoms with Crippen molar-refractivity contribution in [2.24, 2.45) is 11.8 Å². The van der Waals surface area contributed by atoms with Crippen LogP contribution in [0.3, 0.4) is 0 Å². The van der Waals surface area contributed by atoms with Gasteiger partial charge in [-0.15, -0.1) is 0 Å². The first-order valence-electron chi connectivity index (χ1n) is 4.80. The zero-order valence-electron chi connectivity index (χ0n) is 7.95. The van der Waals surface area contributed by atoms with Gasteiger partial charge >= 0.3 is 0 Å². The quantitative estimate of drug-likeness (QED) is 0.663. The molecule has 0 aromatic carbocycles. The molecular weight excluding hydrogens is 166 g/mol. The SMILES string of the molecule is CCC(C#N)C(=O)C1CCCOC1. The van der Waals surface area contributed by atoms with Gasteiger partial charge in [-0.2, -0.15) is 5.26 Å². The highest BCUT2D eigenvalue weighted by atomic mass is 16.5. The van der Waals surface area contributed by atoms with Crippen molar-refractivity contribution in [2.75, 3.05) is 13.2 Å². The third-order valence-electron chi connectivity index (χ3n) is 2.47. The van der Waals surface area contributed by atoms with Gasteiger partial charge in [-0.3, -0.25) is 4.79 Å². The molecule has 1 saturated heterocycles. The molecule has 0 aromatic heterocycles. The molecule has 1 fully saturated rings. The average molecular weight is 181 g/mol. The van der Waals surface area contributed by atoms with Crippen molar-refractivity contribution in [3.05, 3.63) is 0 Å². The fourth-order valence-electron chi connectivity index (χ4n) is 1.61. The molecule has 72 valence electrons. The lowest BCUT2D eigenvalue weighted by atomic mass is 9.88. The van der Waals surface area contributed by atoms with Crippen LogP contribution in [0.2, 0.25) is 0 Å². The summed E-state index contributed by atoms with van der Waals surface area (Å²) in [5.74, 6) is -0.380. The average Bonchev–Trinajstić information content (AvgIpc) is 2.21. The largest absolute Gasteiger partial charge is 0.381 e. The van der Waals surface area contributed by atoms with Gasteiger partial charge < -0.3 is 4.74 Å². The topological polar surface area (TPSA) is 50.1 Å². The van der Waals surface area contributed by atoms with Crippen molar-refractivity contribution in [3.63, 3.8) is 0 Å². The number of ether oxygens (including phenoxy) is 1. The van der Waals surface area contributed by atoms with Crippen molar-refractivity contribution >= 4 is 5.78 Å². The molecule has 0 saturated carbocycles. The molecular formula is C10H15NO2. The number of hydrogen-bond donors (Lipinski definition) is 0. The van der Waals surface area contributed by atoms with Gasteiger partial charge in [-0.1, -0.05) is 6.92 Å². The van der Waals surface area contributed by atoms with E-state index in [4.69, 9.17) is 10.00 Å². The normalized spacial score (nSPS) is 24.8. The second kappa shape index (κ2) is 4.98. The number of rotatable bonds is 3. The van der Waals surface area contributed by atoms with Crippen LogP contribution in [0.15, 0.2) is 0 Å². The van der Waals surface area contributed by atoms with Crippen molar-refractivity contribution in [2.45, 2.75) is 26.2 Å². The third-order valence-corrected chi connectivity index (χ3v) is 2.47. The highest BCUT2D eigenvalue weighted by Crippen LogP contribution is 2.19. The van der Waals surface area contributed by atoms with Gasteiger partial charge in [0.15, 0.2) is 5.78 Å². The van der Waals surface area contributed by atoms with Crippen LogP contribution in [0.4, 0.5) is 0 Å². The minimum Gasteiger partial charge on any atom is -0.381 e. The molecule has 13 heavy (non-hydrogen) atoms. The van der Waals surface area contributed by atoms with E-state index in [0.717, 1.165) is 19.4 Å². The maximum absolute atomic E-state index is 11.7. The lowest BCUT2D eigenvalue weighted by Crippen LogP contribution is -2.29. The van der Waals surface area contributed by atoms with Crippen LogP contribution in [0.1, 0.15) is 26.2 Å². The minimum absolute atomic E-state index is 0.0293. The van der Waals surface area contributed by atoms with Crippen LogP contribution in [-0.2, 0) is 9.53 Å². The number of hydrogen-bond acceptors (Lipinski definition) is 3. The molecule has 0 radical (unpaired) electrons. The fraction of sp³-hybridized carbons (Fsp3) is 0.800. The number of Topliss-reactive ketones (excluding diaryl/α,β-unsaturated/α-hetero) is 1. The minimum atomic E-state index is -0.424. The highest BCUT2D eigenvalue weighted by molar-refractivity contribution is 5.85. The molecule has 0 aromatic rings. The molecule has 3 nitrogen and oxygen atoms in total. The van der Waals surface area contributed by atoms with Crippen molar-refractivity contribution < 1.29 is 9.53 Å². The molecule has 2 unspecified atom stereocenters. The van der Waals surface area contributed by atoms with Gasteiger partial charge in [-0.25, -0.2) is 0 Å². The Hall–Kier alpha value is -0.880. The zero-order chi connectivity index (χ0) is 9.68. The molecule has 0 spiro atoms. The first kappa shape index (κ1) is 10.2. The second-order valence-corrected chi connectivity index (χ2v) is 3.41. The van der Waals surface area contributed by atoms with Crippen LogP contribution >= 0.6 is 0 Å². The van der Waals surface area contributed by atoms with Crippen molar-refractivity contribution in [1.82, 2.24) is 0 Å². The summed E-state index contributed by atoms with van der Waals surface area (Å²) in [5, 5.41) is 8.72. The summed E-state index contributed by atoms with van der Waals surface area (Å²) >= 11 is 0. The lowest BCUT2D eigenvalue weighted by Gasteiger charge is -2.22. The van der Waals surface area contributed by atoms with Gasteiger partial charge in [0.1, 0.15) is 5.92 Å². The van der Waals surface area contributed by atoms with Crippen LogP contribution in [0.25, 0.3) is 0 Å². The Balaban J connectivity index is 2.50. The van der Waals surface area contributed by atoms with E-state index >= 15 is 0 Å². The van der Waals surface area contributed by atoms with E-state index < -0.39 is 5.92 Å². The van der Waals surface area contributed by atoms with E-state index in [2.05, 4.69) is 0 Å². The first-order chi connectivity index (χ1) is 6.29. The molecule has 2 atom stereocenters. The van der Waals surface area contributed by atoms with Crippen molar-refractivity contribution in [3.8, 4) is 6.07 Å². The summed E-state index contributed by atoms with van der Waals surface area (Å²) < 4.78 is 5.21. The first-order valence-corrected chi connectivity index (χ1v) is 4.80. The Kier molecular flexibility index (Phi) is 3.91. The van der Waals surface area contributed by atoms with Gasteiger partial charge in [-0.05, 0) is 19.3 Å². The fourth-order valence-corrected chi connectivity index (χ4v) is 1.61. The standard InChI is InChI=1S/C10H15NO2/c1-2-8(6-11)10(12)9-4-3-5-13-7-9/h8-9H,2-5,7H2,1H3. The summed E-state index contributed by atoms with van der Waals surface area (Å²) in [6.07, 6.45) is 2.45. The summed E-state index contributed by atoms with van der Waals surface area (Å²) in [7, 11) is 0. The zero-order valence-corrected chi connectivity index (χ0v) is 7.95.